The number of carbonyl (C=O) groups excluding carboxylic acids is 2. The zero-order valence-electron chi connectivity index (χ0n) is 16.2. The van der Waals surface area contributed by atoms with Gasteiger partial charge in [-0.15, -0.1) is 0 Å². The van der Waals surface area contributed by atoms with Crippen LogP contribution in [0.15, 0.2) is 72.9 Å². The number of para-hydroxylation sites is 1. The molecule has 0 atom stereocenters. The maximum absolute atomic E-state index is 12.5. The van der Waals surface area contributed by atoms with E-state index < -0.39 is 0 Å². The van der Waals surface area contributed by atoms with Crippen molar-refractivity contribution < 1.29 is 9.59 Å². The molecule has 0 saturated carbocycles. The molecule has 0 radical (unpaired) electrons. The van der Waals surface area contributed by atoms with Gasteiger partial charge in [-0.05, 0) is 47.4 Å². The van der Waals surface area contributed by atoms with E-state index in [-0.39, 0.29) is 22.9 Å². The van der Waals surface area contributed by atoms with Gasteiger partial charge in [0.15, 0.2) is 0 Å². The van der Waals surface area contributed by atoms with Crippen molar-refractivity contribution in [3.05, 3.63) is 89.7 Å². The number of amides is 2. The van der Waals surface area contributed by atoms with Crippen LogP contribution in [0.25, 0.3) is 0 Å². The molecule has 3 aromatic rings. The standard InChI is InChI=1S/C23H23N3O2/c1-23(2,3)17-9-11-19(12-10-17)26-22(28)20-15-16(13-14-24-20)21(27)25-18-7-5-4-6-8-18/h4-15H,1-3H3,(H,25,27)(H,26,28). The molecule has 3 rings (SSSR count). The molecule has 0 aliphatic heterocycles. The number of rotatable bonds is 4. The molecule has 5 nitrogen and oxygen atoms in total. The summed E-state index contributed by atoms with van der Waals surface area (Å²) in [6.07, 6.45) is 1.46. The van der Waals surface area contributed by atoms with Crippen LogP contribution in [-0.2, 0) is 5.41 Å². The molecule has 5 heteroatoms. The number of benzene rings is 2. The smallest absolute Gasteiger partial charge is 0.274 e. The summed E-state index contributed by atoms with van der Waals surface area (Å²) in [6, 6.07) is 19.9. The summed E-state index contributed by atoms with van der Waals surface area (Å²) in [7, 11) is 0. The Balaban J connectivity index is 1.71. The Morgan fingerprint density at radius 2 is 1.39 bits per heavy atom. The molecule has 0 unspecified atom stereocenters. The highest BCUT2D eigenvalue weighted by molar-refractivity contribution is 6.07. The van der Waals surface area contributed by atoms with E-state index in [1.165, 1.54) is 17.8 Å². The topological polar surface area (TPSA) is 71.1 Å². The Morgan fingerprint density at radius 1 is 0.786 bits per heavy atom. The molecule has 0 fully saturated rings. The molecule has 0 aliphatic carbocycles. The number of anilines is 2. The fraction of sp³-hybridized carbons (Fsp3) is 0.174. The van der Waals surface area contributed by atoms with Crippen molar-refractivity contribution in [3.8, 4) is 0 Å². The monoisotopic (exact) mass is 373 g/mol. The maximum Gasteiger partial charge on any atom is 0.274 e. The Kier molecular flexibility index (Phi) is 5.54. The van der Waals surface area contributed by atoms with Crippen LogP contribution in [0.3, 0.4) is 0 Å². The number of aromatic nitrogens is 1. The van der Waals surface area contributed by atoms with Crippen LogP contribution < -0.4 is 10.6 Å². The fourth-order valence-corrected chi connectivity index (χ4v) is 2.67. The first-order valence-corrected chi connectivity index (χ1v) is 9.07. The van der Waals surface area contributed by atoms with Crippen molar-refractivity contribution in [3.63, 3.8) is 0 Å². The molecule has 1 heterocycles. The molecular weight excluding hydrogens is 350 g/mol. The molecule has 0 bridgehead atoms. The van der Waals surface area contributed by atoms with Gasteiger partial charge in [-0.3, -0.25) is 14.6 Å². The van der Waals surface area contributed by atoms with E-state index >= 15 is 0 Å². The molecule has 2 N–H and O–H groups in total. The van der Waals surface area contributed by atoms with Crippen molar-refractivity contribution in [1.29, 1.82) is 0 Å². The van der Waals surface area contributed by atoms with Crippen molar-refractivity contribution in [2.24, 2.45) is 0 Å². The number of carbonyl (C=O) groups is 2. The van der Waals surface area contributed by atoms with Gasteiger partial charge < -0.3 is 10.6 Å². The lowest BCUT2D eigenvalue weighted by Gasteiger charge is -2.19. The largest absolute Gasteiger partial charge is 0.322 e. The van der Waals surface area contributed by atoms with E-state index in [4.69, 9.17) is 0 Å². The van der Waals surface area contributed by atoms with Crippen LogP contribution >= 0.6 is 0 Å². The predicted octanol–water partition coefficient (Wildman–Crippen LogP) is 4.88. The molecule has 142 valence electrons. The Bertz CT molecular complexity index is 975. The molecule has 28 heavy (non-hydrogen) atoms. The van der Waals surface area contributed by atoms with Crippen molar-refractivity contribution in [1.82, 2.24) is 4.98 Å². The minimum Gasteiger partial charge on any atom is -0.322 e. The van der Waals surface area contributed by atoms with E-state index in [1.54, 1.807) is 18.2 Å². The number of hydrogen-bond acceptors (Lipinski definition) is 3. The van der Waals surface area contributed by atoms with Gasteiger partial charge in [-0.1, -0.05) is 51.1 Å². The van der Waals surface area contributed by atoms with Gasteiger partial charge in [0, 0.05) is 23.1 Å². The summed E-state index contributed by atoms with van der Waals surface area (Å²) < 4.78 is 0. The lowest BCUT2D eigenvalue weighted by atomic mass is 9.87. The minimum atomic E-state index is -0.363. The van der Waals surface area contributed by atoms with E-state index in [2.05, 4.69) is 36.4 Å². The maximum atomic E-state index is 12.5. The van der Waals surface area contributed by atoms with Crippen LogP contribution in [0.4, 0.5) is 11.4 Å². The Morgan fingerprint density at radius 3 is 2.04 bits per heavy atom. The first-order chi connectivity index (χ1) is 13.3. The predicted molar refractivity (Wildman–Crippen MR) is 112 cm³/mol. The third-order valence-corrected chi connectivity index (χ3v) is 4.30. The second kappa shape index (κ2) is 8.05. The SMILES string of the molecule is CC(C)(C)c1ccc(NC(=O)c2cc(C(=O)Nc3ccccc3)ccn2)cc1. The number of pyridine rings is 1. The summed E-state index contributed by atoms with van der Waals surface area (Å²) in [6.45, 7) is 6.41. The molecule has 2 amide bonds. The third-order valence-electron chi connectivity index (χ3n) is 4.30. The molecule has 2 aromatic carbocycles. The van der Waals surface area contributed by atoms with Crippen molar-refractivity contribution >= 4 is 23.2 Å². The van der Waals surface area contributed by atoms with Crippen LogP contribution in [0.1, 0.15) is 47.2 Å². The van der Waals surface area contributed by atoms with Gasteiger partial charge in [0.05, 0.1) is 0 Å². The average molecular weight is 373 g/mol. The number of nitrogens with zero attached hydrogens (tertiary/aromatic N) is 1. The zero-order chi connectivity index (χ0) is 20.1. The van der Waals surface area contributed by atoms with Crippen LogP contribution in [-0.4, -0.2) is 16.8 Å². The number of nitrogens with one attached hydrogen (secondary N) is 2. The van der Waals surface area contributed by atoms with E-state index in [0.717, 1.165) is 0 Å². The van der Waals surface area contributed by atoms with Gasteiger partial charge in [0.1, 0.15) is 5.69 Å². The van der Waals surface area contributed by atoms with E-state index in [1.807, 2.05) is 42.5 Å². The summed E-state index contributed by atoms with van der Waals surface area (Å²) in [5.74, 6) is -0.657. The third kappa shape index (κ3) is 4.82. The van der Waals surface area contributed by atoms with E-state index in [0.29, 0.717) is 16.9 Å². The second-order valence-corrected chi connectivity index (χ2v) is 7.53. The van der Waals surface area contributed by atoms with E-state index in [9.17, 15) is 9.59 Å². The van der Waals surface area contributed by atoms with Gasteiger partial charge in [-0.2, -0.15) is 0 Å². The first kappa shape index (κ1) is 19.3. The minimum absolute atomic E-state index is 0.0462. The van der Waals surface area contributed by atoms with Crippen LogP contribution in [0.5, 0.6) is 0 Å². The summed E-state index contributed by atoms with van der Waals surface area (Å²) in [5.41, 5.74) is 3.15. The normalized spacial score (nSPS) is 11.0. The molecule has 0 aliphatic rings. The van der Waals surface area contributed by atoms with Crippen LogP contribution in [0.2, 0.25) is 0 Å². The molecule has 0 saturated heterocycles. The highest BCUT2D eigenvalue weighted by atomic mass is 16.2. The van der Waals surface area contributed by atoms with Crippen LogP contribution in [0, 0.1) is 0 Å². The highest BCUT2D eigenvalue weighted by Gasteiger charge is 2.15. The Hall–Kier alpha value is -3.47. The molecular formula is C23H23N3O2. The summed E-state index contributed by atoms with van der Waals surface area (Å²) in [5, 5.41) is 5.62. The van der Waals surface area contributed by atoms with Crippen molar-refractivity contribution in [2.75, 3.05) is 10.6 Å². The quantitative estimate of drug-likeness (QED) is 0.684. The molecule has 1 aromatic heterocycles. The van der Waals surface area contributed by atoms with Gasteiger partial charge in [0.25, 0.3) is 11.8 Å². The van der Waals surface area contributed by atoms with Crippen molar-refractivity contribution in [2.45, 2.75) is 26.2 Å². The fourth-order valence-electron chi connectivity index (χ4n) is 2.67. The summed E-state index contributed by atoms with van der Waals surface area (Å²) >= 11 is 0. The molecule has 0 spiro atoms. The lowest BCUT2D eigenvalue weighted by Crippen LogP contribution is -2.17. The zero-order valence-corrected chi connectivity index (χ0v) is 16.2. The Labute approximate surface area is 164 Å². The first-order valence-electron chi connectivity index (χ1n) is 9.07. The highest BCUT2D eigenvalue weighted by Crippen LogP contribution is 2.23. The number of hydrogen-bond donors (Lipinski definition) is 2. The lowest BCUT2D eigenvalue weighted by molar-refractivity contribution is 0.102. The average Bonchev–Trinajstić information content (AvgIpc) is 2.68. The van der Waals surface area contributed by atoms with Gasteiger partial charge in [-0.25, -0.2) is 0 Å². The van der Waals surface area contributed by atoms with Gasteiger partial charge in [0.2, 0.25) is 0 Å². The van der Waals surface area contributed by atoms with Gasteiger partial charge >= 0.3 is 0 Å². The summed E-state index contributed by atoms with van der Waals surface area (Å²) in [4.78, 5) is 29.0. The second-order valence-electron chi connectivity index (χ2n) is 7.53.